The maximum absolute atomic E-state index is 12.7. The van der Waals surface area contributed by atoms with Crippen LogP contribution < -0.4 is 5.32 Å². The highest BCUT2D eigenvalue weighted by Gasteiger charge is 2.35. The van der Waals surface area contributed by atoms with Crippen LogP contribution in [0.1, 0.15) is 12.0 Å². The minimum Gasteiger partial charge on any atom is -0.358 e. The Morgan fingerprint density at radius 2 is 1.93 bits per heavy atom. The fourth-order valence-electron chi connectivity index (χ4n) is 2.73. The van der Waals surface area contributed by atoms with Crippen molar-refractivity contribution >= 4 is 46.0 Å². The first kappa shape index (κ1) is 19.5. The first-order chi connectivity index (χ1) is 13.1. The molecule has 1 aliphatic heterocycles. The van der Waals surface area contributed by atoms with E-state index >= 15 is 0 Å². The maximum atomic E-state index is 12.7. The van der Waals surface area contributed by atoms with Gasteiger partial charge in [-0.15, -0.1) is 0 Å². The molecule has 0 aliphatic carbocycles. The number of carbonyl (C=O) groups is 2. The van der Waals surface area contributed by atoms with E-state index in [1.54, 1.807) is 36.2 Å². The minimum atomic E-state index is -0.471. The van der Waals surface area contributed by atoms with Crippen molar-refractivity contribution in [3.05, 3.63) is 65.2 Å². The zero-order chi connectivity index (χ0) is 19.2. The van der Waals surface area contributed by atoms with Gasteiger partial charge in [-0.3, -0.25) is 14.5 Å². The summed E-state index contributed by atoms with van der Waals surface area (Å²) in [5, 5.41) is 3.31. The lowest BCUT2D eigenvalue weighted by Crippen LogP contribution is -2.46. The summed E-state index contributed by atoms with van der Waals surface area (Å²) in [7, 11) is 1.57. The van der Waals surface area contributed by atoms with E-state index in [1.165, 1.54) is 11.8 Å². The topological polar surface area (TPSA) is 61.8 Å². The van der Waals surface area contributed by atoms with Gasteiger partial charge in [0.2, 0.25) is 11.8 Å². The van der Waals surface area contributed by atoms with Crippen molar-refractivity contribution in [3.8, 4) is 0 Å². The number of amidine groups is 1. The molecule has 0 bridgehead atoms. The summed E-state index contributed by atoms with van der Waals surface area (Å²) in [5.74, 6) is -0.258. The van der Waals surface area contributed by atoms with E-state index in [9.17, 15) is 9.59 Å². The molecule has 0 spiro atoms. The molecule has 2 aromatic carbocycles. The van der Waals surface area contributed by atoms with Crippen molar-refractivity contribution in [2.24, 2.45) is 4.99 Å². The molecule has 3 rings (SSSR count). The fraction of sp³-hybridized carbons (Fsp3) is 0.250. The lowest BCUT2D eigenvalue weighted by Gasteiger charge is -2.31. The van der Waals surface area contributed by atoms with Gasteiger partial charge >= 0.3 is 0 Å². The fourth-order valence-corrected chi connectivity index (χ4v) is 4.04. The van der Waals surface area contributed by atoms with Crippen molar-refractivity contribution < 1.29 is 9.59 Å². The van der Waals surface area contributed by atoms with Gasteiger partial charge in [0.15, 0.2) is 5.17 Å². The summed E-state index contributed by atoms with van der Waals surface area (Å²) in [6.45, 7) is 0.517. The third-order valence-electron chi connectivity index (χ3n) is 4.20. The Labute approximate surface area is 167 Å². The largest absolute Gasteiger partial charge is 0.358 e. The van der Waals surface area contributed by atoms with Gasteiger partial charge in [-0.05, 0) is 36.2 Å². The summed E-state index contributed by atoms with van der Waals surface area (Å²) in [6.07, 6.45) is 0.885. The number of thioether (sulfide) groups is 1. The molecule has 0 unspecified atom stereocenters. The molecule has 1 fully saturated rings. The van der Waals surface area contributed by atoms with E-state index in [0.717, 1.165) is 12.0 Å². The molecule has 1 N–H and O–H groups in total. The summed E-state index contributed by atoms with van der Waals surface area (Å²) in [5.41, 5.74) is 1.84. The standard InChI is InChI=1S/C20H20ClN3O2S/c1-22-19(26)17-13-18(25)24(12-11-14-5-3-2-4-6-14)20(27-17)23-16-9-7-15(21)8-10-16/h2-10,17H,11-13H2,1H3,(H,22,26)/t17-/m0/s1. The number of nitrogens with one attached hydrogen (secondary N) is 1. The zero-order valence-electron chi connectivity index (χ0n) is 14.9. The Morgan fingerprint density at radius 1 is 1.22 bits per heavy atom. The molecule has 1 saturated heterocycles. The van der Waals surface area contributed by atoms with Crippen LogP contribution in [-0.4, -0.2) is 40.7 Å². The van der Waals surface area contributed by atoms with Crippen LogP contribution >= 0.6 is 23.4 Å². The third-order valence-corrected chi connectivity index (χ3v) is 5.64. The quantitative estimate of drug-likeness (QED) is 0.831. The second-order valence-corrected chi connectivity index (χ2v) is 7.68. The molecule has 7 heteroatoms. The molecule has 0 radical (unpaired) electrons. The number of nitrogens with zero attached hydrogens (tertiary/aromatic N) is 2. The van der Waals surface area contributed by atoms with E-state index in [-0.39, 0.29) is 18.2 Å². The van der Waals surface area contributed by atoms with E-state index in [2.05, 4.69) is 10.3 Å². The number of halogens is 1. The van der Waals surface area contributed by atoms with Gasteiger partial charge in [0, 0.05) is 25.0 Å². The van der Waals surface area contributed by atoms with Gasteiger partial charge in [-0.25, -0.2) is 4.99 Å². The number of hydrogen-bond donors (Lipinski definition) is 1. The molecule has 2 aromatic rings. The van der Waals surface area contributed by atoms with E-state index in [0.29, 0.717) is 22.4 Å². The molecule has 0 aromatic heterocycles. The molecular formula is C20H20ClN3O2S. The van der Waals surface area contributed by atoms with Crippen LogP contribution in [0.3, 0.4) is 0 Å². The van der Waals surface area contributed by atoms with Crippen LogP contribution in [0.15, 0.2) is 59.6 Å². The monoisotopic (exact) mass is 401 g/mol. The summed E-state index contributed by atoms with van der Waals surface area (Å²) < 4.78 is 0. The lowest BCUT2D eigenvalue weighted by atomic mass is 10.1. The van der Waals surface area contributed by atoms with Gasteiger partial charge in [-0.2, -0.15) is 0 Å². The lowest BCUT2D eigenvalue weighted by molar-refractivity contribution is -0.130. The highest BCUT2D eigenvalue weighted by atomic mass is 35.5. The number of benzene rings is 2. The molecule has 1 atom stereocenters. The van der Waals surface area contributed by atoms with Crippen LogP contribution in [-0.2, 0) is 16.0 Å². The summed E-state index contributed by atoms with van der Waals surface area (Å²) in [4.78, 5) is 31.1. The molecule has 0 saturated carbocycles. The Bertz CT molecular complexity index is 840. The van der Waals surface area contributed by atoms with Gasteiger partial charge < -0.3 is 5.32 Å². The van der Waals surface area contributed by atoms with Crippen LogP contribution in [0.2, 0.25) is 5.02 Å². The summed E-state index contributed by atoms with van der Waals surface area (Å²) >= 11 is 7.26. The second-order valence-electron chi connectivity index (χ2n) is 6.08. The Kier molecular flexibility index (Phi) is 6.53. The van der Waals surface area contributed by atoms with E-state index in [1.807, 2.05) is 30.3 Å². The van der Waals surface area contributed by atoms with Crippen molar-refractivity contribution in [2.75, 3.05) is 13.6 Å². The molecule has 5 nitrogen and oxygen atoms in total. The van der Waals surface area contributed by atoms with Gasteiger partial charge in [-0.1, -0.05) is 53.7 Å². The minimum absolute atomic E-state index is 0.0917. The van der Waals surface area contributed by atoms with Gasteiger partial charge in [0.25, 0.3) is 0 Å². The average molecular weight is 402 g/mol. The maximum Gasteiger partial charge on any atom is 0.233 e. The second kappa shape index (κ2) is 9.06. The number of rotatable bonds is 5. The number of amides is 2. The predicted octanol–water partition coefficient (Wildman–Crippen LogP) is 3.65. The van der Waals surface area contributed by atoms with Crippen molar-refractivity contribution in [1.29, 1.82) is 0 Å². The summed E-state index contributed by atoms with van der Waals surface area (Å²) in [6, 6.07) is 17.1. The predicted molar refractivity (Wildman–Crippen MR) is 110 cm³/mol. The molecular weight excluding hydrogens is 382 g/mol. The normalized spacial score (nSPS) is 18.6. The SMILES string of the molecule is CNC(=O)[C@@H]1CC(=O)N(CCc2ccccc2)C(=Nc2ccc(Cl)cc2)S1. The van der Waals surface area contributed by atoms with Gasteiger partial charge in [0.1, 0.15) is 0 Å². The number of hydrogen-bond acceptors (Lipinski definition) is 4. The number of carbonyl (C=O) groups excluding carboxylic acids is 2. The van der Waals surface area contributed by atoms with Crippen LogP contribution in [0.4, 0.5) is 5.69 Å². The molecule has 140 valence electrons. The molecule has 1 heterocycles. The Balaban J connectivity index is 1.84. The smallest absolute Gasteiger partial charge is 0.233 e. The van der Waals surface area contributed by atoms with Crippen molar-refractivity contribution in [1.82, 2.24) is 10.2 Å². The van der Waals surface area contributed by atoms with Gasteiger partial charge in [0.05, 0.1) is 10.9 Å². The van der Waals surface area contributed by atoms with Crippen LogP contribution in [0, 0.1) is 0 Å². The average Bonchev–Trinajstić information content (AvgIpc) is 2.69. The highest BCUT2D eigenvalue weighted by molar-refractivity contribution is 8.15. The van der Waals surface area contributed by atoms with Crippen LogP contribution in [0.25, 0.3) is 0 Å². The Hall–Kier alpha value is -2.31. The Morgan fingerprint density at radius 3 is 2.59 bits per heavy atom. The molecule has 2 amide bonds. The van der Waals surface area contributed by atoms with E-state index in [4.69, 9.17) is 11.6 Å². The highest BCUT2D eigenvalue weighted by Crippen LogP contribution is 2.29. The van der Waals surface area contributed by atoms with E-state index < -0.39 is 5.25 Å². The van der Waals surface area contributed by atoms with Crippen molar-refractivity contribution in [3.63, 3.8) is 0 Å². The zero-order valence-corrected chi connectivity index (χ0v) is 16.5. The van der Waals surface area contributed by atoms with Crippen molar-refractivity contribution in [2.45, 2.75) is 18.1 Å². The van der Waals surface area contributed by atoms with Crippen LogP contribution in [0.5, 0.6) is 0 Å². The first-order valence-electron chi connectivity index (χ1n) is 8.63. The first-order valence-corrected chi connectivity index (χ1v) is 9.89. The third kappa shape index (κ3) is 5.11. The molecule has 27 heavy (non-hydrogen) atoms. The molecule has 1 aliphatic rings. The number of aliphatic imine (C=N–C) groups is 1.